The van der Waals surface area contributed by atoms with Crippen LogP contribution in [0.2, 0.25) is 0 Å². The number of phosphoric acid groups is 3. The fourth-order valence-corrected chi connectivity index (χ4v) is 4.36. The molecule has 1 saturated heterocycles. The maximum Gasteiger partial charge on any atom is 0.490 e. The second kappa shape index (κ2) is 6.81. The molecular weight excluding hydrogens is 361 g/mol. The van der Waals surface area contributed by atoms with E-state index in [1.165, 1.54) is 0 Å². The Bertz CT molecular complexity index is 498. The van der Waals surface area contributed by atoms with E-state index in [0.29, 0.717) is 0 Å². The van der Waals surface area contributed by atoms with Crippen molar-refractivity contribution < 1.29 is 61.4 Å². The third-order valence-corrected chi connectivity index (χ3v) is 5.82. The second-order valence-electron chi connectivity index (χ2n) is 3.82. The van der Waals surface area contributed by atoms with E-state index in [2.05, 4.69) is 17.9 Å². The van der Waals surface area contributed by atoms with Crippen molar-refractivity contribution in [1.29, 1.82) is 0 Å². The van der Waals surface area contributed by atoms with Crippen LogP contribution < -0.4 is 0 Å². The number of aliphatic hydroxyl groups excluding tert-OH is 2. The summed E-state index contributed by atoms with van der Waals surface area (Å²) in [7, 11) is -16.3. The smallest absolute Gasteiger partial charge is 0.390 e. The zero-order valence-corrected chi connectivity index (χ0v) is 12.7. The van der Waals surface area contributed by atoms with Gasteiger partial charge < -0.3 is 34.5 Å². The lowest BCUT2D eigenvalue weighted by molar-refractivity contribution is -0.106. The SMILES string of the molecule is O=P(O)(O)OP(=O)(O)OP(=O)(O)OC[C@H]1O[C@H](O)C[C@@H]1O. The molecule has 0 aliphatic carbocycles. The van der Waals surface area contributed by atoms with Crippen LogP contribution in [0.3, 0.4) is 0 Å². The van der Waals surface area contributed by atoms with Crippen molar-refractivity contribution in [1.82, 2.24) is 0 Å². The molecule has 1 heterocycles. The molecule has 1 aliphatic heterocycles. The summed E-state index contributed by atoms with van der Waals surface area (Å²) in [4.78, 5) is 34.6. The molecule has 1 aliphatic rings. The summed E-state index contributed by atoms with van der Waals surface area (Å²) >= 11 is 0. The van der Waals surface area contributed by atoms with Crippen molar-refractivity contribution in [3.8, 4) is 0 Å². The highest BCUT2D eigenvalue weighted by Crippen LogP contribution is 2.66. The van der Waals surface area contributed by atoms with Crippen LogP contribution in [0.5, 0.6) is 0 Å². The summed E-state index contributed by atoms with van der Waals surface area (Å²) < 4.78 is 48.5. The van der Waals surface area contributed by atoms with Crippen LogP contribution >= 0.6 is 23.5 Å². The number of hydrogen-bond donors (Lipinski definition) is 6. The largest absolute Gasteiger partial charge is 0.490 e. The Labute approximate surface area is 117 Å². The molecule has 21 heavy (non-hydrogen) atoms. The van der Waals surface area contributed by atoms with E-state index in [4.69, 9.17) is 24.7 Å². The van der Waals surface area contributed by atoms with Gasteiger partial charge in [0, 0.05) is 6.42 Å². The first-order chi connectivity index (χ1) is 9.30. The van der Waals surface area contributed by atoms with Gasteiger partial charge in [0.25, 0.3) is 0 Å². The van der Waals surface area contributed by atoms with Gasteiger partial charge in [-0.1, -0.05) is 0 Å². The first-order valence-electron chi connectivity index (χ1n) is 5.10. The first kappa shape index (κ1) is 19.3. The number of hydrogen-bond acceptors (Lipinski definition) is 9. The van der Waals surface area contributed by atoms with Crippen molar-refractivity contribution >= 4 is 23.5 Å². The second-order valence-corrected chi connectivity index (χ2v) is 8.24. The molecule has 0 aromatic heterocycles. The topological polar surface area (TPSA) is 210 Å². The fraction of sp³-hybridized carbons (Fsp3) is 1.00. The average Bonchev–Trinajstić information content (AvgIpc) is 2.48. The van der Waals surface area contributed by atoms with Gasteiger partial charge in [-0.2, -0.15) is 8.62 Å². The van der Waals surface area contributed by atoms with Crippen LogP contribution in [0, 0.1) is 0 Å². The lowest BCUT2D eigenvalue weighted by Crippen LogP contribution is -2.26. The monoisotopic (exact) mass is 374 g/mol. The maximum atomic E-state index is 11.3. The molecule has 5 atom stereocenters. The number of aliphatic hydroxyl groups is 2. The molecule has 126 valence electrons. The molecule has 0 bridgehead atoms. The third kappa shape index (κ3) is 7.40. The zero-order chi connectivity index (χ0) is 16.5. The van der Waals surface area contributed by atoms with Gasteiger partial charge in [0.1, 0.15) is 6.10 Å². The van der Waals surface area contributed by atoms with Gasteiger partial charge in [0.05, 0.1) is 12.7 Å². The van der Waals surface area contributed by atoms with Crippen LogP contribution in [-0.2, 0) is 31.6 Å². The minimum absolute atomic E-state index is 0.176. The molecular formula is C5H13O13P3. The summed E-state index contributed by atoms with van der Waals surface area (Å²) in [6.45, 7) is -0.804. The Balaban J connectivity index is 2.56. The Morgan fingerprint density at radius 1 is 1.00 bits per heavy atom. The van der Waals surface area contributed by atoms with Crippen molar-refractivity contribution in [3.63, 3.8) is 0 Å². The standard InChI is InChI=1S/C5H13O13P3/c6-3-1-5(7)16-4(3)2-15-20(11,12)18-21(13,14)17-19(8,9)10/h3-7H,1-2H2,(H,11,12)(H,13,14)(H2,8,9,10)/t3-,4+,5-/m0/s1. The number of phosphoric ester groups is 1. The normalized spacial score (nSPS) is 32.6. The quantitative estimate of drug-likeness (QED) is 0.289. The highest BCUT2D eigenvalue weighted by Gasteiger charge is 2.42. The predicted molar refractivity (Wildman–Crippen MR) is 61.3 cm³/mol. The molecule has 0 radical (unpaired) electrons. The lowest BCUT2D eigenvalue weighted by atomic mass is 10.2. The Morgan fingerprint density at radius 3 is 2.00 bits per heavy atom. The Morgan fingerprint density at radius 2 is 1.57 bits per heavy atom. The van der Waals surface area contributed by atoms with E-state index in [0.717, 1.165) is 0 Å². The minimum Gasteiger partial charge on any atom is -0.390 e. The predicted octanol–water partition coefficient (Wildman–Crippen LogP) is -1.20. The highest BCUT2D eigenvalue weighted by molar-refractivity contribution is 7.66. The van der Waals surface area contributed by atoms with Crippen LogP contribution in [0.25, 0.3) is 0 Å². The van der Waals surface area contributed by atoms with Gasteiger partial charge in [0.2, 0.25) is 0 Å². The molecule has 1 fully saturated rings. The van der Waals surface area contributed by atoms with Crippen molar-refractivity contribution in [2.75, 3.05) is 6.61 Å². The van der Waals surface area contributed by atoms with Crippen LogP contribution in [0.1, 0.15) is 6.42 Å². The molecule has 6 N–H and O–H groups in total. The summed E-state index contributed by atoms with van der Waals surface area (Å²) in [5, 5.41) is 18.4. The van der Waals surface area contributed by atoms with Gasteiger partial charge in [-0.3, -0.25) is 4.52 Å². The van der Waals surface area contributed by atoms with E-state index in [9.17, 15) is 18.8 Å². The summed E-state index contributed by atoms with van der Waals surface area (Å²) in [5.74, 6) is 0. The molecule has 0 aromatic carbocycles. The Hall–Kier alpha value is 0.290. The van der Waals surface area contributed by atoms with Crippen LogP contribution in [0.4, 0.5) is 0 Å². The van der Waals surface area contributed by atoms with Crippen molar-refractivity contribution in [2.45, 2.75) is 24.9 Å². The zero-order valence-electron chi connectivity index (χ0n) is 10.0. The molecule has 0 saturated carbocycles. The van der Waals surface area contributed by atoms with Crippen molar-refractivity contribution in [2.24, 2.45) is 0 Å². The average molecular weight is 374 g/mol. The molecule has 16 heteroatoms. The van der Waals surface area contributed by atoms with E-state index in [-0.39, 0.29) is 6.42 Å². The first-order valence-corrected chi connectivity index (χ1v) is 9.62. The molecule has 0 aromatic rings. The molecule has 2 unspecified atom stereocenters. The van der Waals surface area contributed by atoms with Gasteiger partial charge >= 0.3 is 23.5 Å². The minimum atomic E-state index is -5.58. The maximum absolute atomic E-state index is 11.3. The molecule has 13 nitrogen and oxygen atoms in total. The van der Waals surface area contributed by atoms with Gasteiger partial charge in [-0.15, -0.1) is 0 Å². The molecule has 0 spiro atoms. The third-order valence-electron chi connectivity index (χ3n) is 2.02. The lowest BCUT2D eigenvalue weighted by Gasteiger charge is -2.18. The number of ether oxygens (including phenoxy) is 1. The Kier molecular flexibility index (Phi) is 6.27. The van der Waals surface area contributed by atoms with E-state index in [1.54, 1.807) is 0 Å². The fourth-order valence-electron chi connectivity index (χ4n) is 1.33. The van der Waals surface area contributed by atoms with Gasteiger partial charge in [-0.25, -0.2) is 13.7 Å². The van der Waals surface area contributed by atoms with Gasteiger partial charge in [0.15, 0.2) is 6.29 Å². The highest BCUT2D eigenvalue weighted by atomic mass is 31.3. The van der Waals surface area contributed by atoms with Crippen molar-refractivity contribution in [3.05, 3.63) is 0 Å². The molecule has 1 rings (SSSR count). The van der Waals surface area contributed by atoms with E-state index in [1.807, 2.05) is 0 Å². The summed E-state index contributed by atoms with van der Waals surface area (Å²) in [6, 6.07) is 0. The number of rotatable bonds is 7. The van der Waals surface area contributed by atoms with Crippen LogP contribution in [-0.4, -0.2) is 54.9 Å². The van der Waals surface area contributed by atoms with E-state index >= 15 is 0 Å². The molecule has 0 amide bonds. The van der Waals surface area contributed by atoms with Crippen LogP contribution in [0.15, 0.2) is 0 Å². The van der Waals surface area contributed by atoms with Gasteiger partial charge in [-0.05, 0) is 0 Å². The summed E-state index contributed by atoms with van der Waals surface area (Å²) in [5.41, 5.74) is 0. The van der Waals surface area contributed by atoms with E-state index < -0.39 is 48.6 Å². The summed E-state index contributed by atoms with van der Waals surface area (Å²) in [6.07, 6.45) is -3.91.